The van der Waals surface area contributed by atoms with Gasteiger partial charge < -0.3 is 0 Å². The zero-order valence-electron chi connectivity index (χ0n) is 6.66. The van der Waals surface area contributed by atoms with Crippen LogP contribution in [-0.4, -0.2) is 11.5 Å². The van der Waals surface area contributed by atoms with Crippen LogP contribution in [-0.2, 0) is 0 Å². The van der Waals surface area contributed by atoms with Gasteiger partial charge in [-0.2, -0.15) is 0 Å². The highest BCUT2D eigenvalue weighted by Crippen LogP contribution is 2.00. The first-order valence-corrected chi connectivity index (χ1v) is 4.30. The van der Waals surface area contributed by atoms with Gasteiger partial charge in [0.1, 0.15) is 0 Å². The maximum absolute atomic E-state index is 5.27. The van der Waals surface area contributed by atoms with Crippen LogP contribution in [0.3, 0.4) is 0 Å². The lowest BCUT2D eigenvalue weighted by Crippen LogP contribution is -2.17. The van der Waals surface area contributed by atoms with E-state index in [4.69, 9.17) is 5.14 Å². The minimum atomic E-state index is 0.931. The molecule has 2 N–H and O–H groups in total. The largest absolute Gasteiger partial charge is 0.287 e. The molecule has 0 amide bonds. The van der Waals surface area contributed by atoms with E-state index in [9.17, 15) is 0 Å². The van der Waals surface area contributed by atoms with Crippen molar-refractivity contribution in [3.63, 3.8) is 0 Å². The fourth-order valence-electron chi connectivity index (χ4n) is 0.780. The zero-order valence-corrected chi connectivity index (χ0v) is 7.48. The SMILES string of the molecule is Cc1cnc([B]SN)cc1C. The molecule has 1 heterocycles. The summed E-state index contributed by atoms with van der Waals surface area (Å²) in [6.07, 6.45) is 1.86. The second-order valence-electron chi connectivity index (χ2n) is 2.45. The van der Waals surface area contributed by atoms with Gasteiger partial charge in [0.15, 0.2) is 0 Å². The molecule has 0 spiro atoms. The van der Waals surface area contributed by atoms with Crippen LogP contribution in [0.5, 0.6) is 0 Å². The molecule has 1 rings (SSSR count). The number of nitrogens with zero attached hydrogens (tertiary/aromatic N) is 1. The van der Waals surface area contributed by atoms with Crippen LogP contribution < -0.4 is 10.7 Å². The van der Waals surface area contributed by atoms with Gasteiger partial charge in [0, 0.05) is 11.8 Å². The maximum Gasteiger partial charge on any atom is 0.275 e. The summed E-state index contributed by atoms with van der Waals surface area (Å²) < 4.78 is 0. The Morgan fingerprint density at radius 1 is 1.45 bits per heavy atom. The van der Waals surface area contributed by atoms with Gasteiger partial charge in [-0.05, 0) is 31.0 Å². The van der Waals surface area contributed by atoms with Crippen LogP contribution in [0, 0.1) is 13.8 Å². The topological polar surface area (TPSA) is 38.9 Å². The molecule has 0 aliphatic heterocycles. The van der Waals surface area contributed by atoms with Crippen molar-refractivity contribution in [3.8, 4) is 0 Å². The third-order valence-electron chi connectivity index (χ3n) is 1.58. The molecule has 0 aromatic carbocycles. The molecule has 0 saturated heterocycles. The Balaban J connectivity index is 2.86. The number of aromatic nitrogens is 1. The molecule has 1 radical (unpaired) electrons. The Bertz CT molecular complexity index is 252. The van der Waals surface area contributed by atoms with Gasteiger partial charge in [-0.25, -0.2) is 0 Å². The van der Waals surface area contributed by atoms with Gasteiger partial charge in [-0.3, -0.25) is 10.1 Å². The monoisotopic (exact) mass is 165 g/mol. The summed E-state index contributed by atoms with van der Waals surface area (Å²) >= 11 is 1.18. The molecule has 0 unspecified atom stereocenters. The number of rotatable bonds is 2. The molecular weight excluding hydrogens is 155 g/mol. The highest BCUT2D eigenvalue weighted by Gasteiger charge is 1.98. The van der Waals surface area contributed by atoms with Gasteiger partial charge in [-0.15, -0.1) is 11.8 Å². The molecule has 0 atom stereocenters. The molecule has 1 aromatic rings. The first kappa shape index (κ1) is 8.62. The normalized spacial score (nSPS) is 9.73. The molecule has 0 aliphatic carbocycles. The van der Waals surface area contributed by atoms with E-state index in [0.717, 1.165) is 5.59 Å². The van der Waals surface area contributed by atoms with Crippen molar-refractivity contribution in [1.29, 1.82) is 0 Å². The molecule has 0 saturated carbocycles. The standard InChI is InChI=1S/C7H10BN2S/c1-5-3-7(8-11-9)10-4-6(5)2/h3-4H,9H2,1-2H3. The van der Waals surface area contributed by atoms with Gasteiger partial charge in [0.05, 0.1) is 0 Å². The van der Waals surface area contributed by atoms with E-state index >= 15 is 0 Å². The van der Waals surface area contributed by atoms with Crippen molar-refractivity contribution in [2.45, 2.75) is 13.8 Å². The first-order valence-electron chi connectivity index (χ1n) is 3.36. The molecular formula is C7H10BN2S. The van der Waals surface area contributed by atoms with Crippen LogP contribution >= 0.6 is 11.8 Å². The molecule has 1 aromatic heterocycles. The van der Waals surface area contributed by atoms with Crippen molar-refractivity contribution in [3.05, 3.63) is 23.4 Å². The van der Waals surface area contributed by atoms with Gasteiger partial charge in [0.2, 0.25) is 0 Å². The van der Waals surface area contributed by atoms with E-state index in [1.54, 1.807) is 0 Å². The lowest BCUT2D eigenvalue weighted by Gasteiger charge is -2.00. The third kappa shape index (κ3) is 2.24. The van der Waals surface area contributed by atoms with Crippen molar-refractivity contribution in [2.75, 3.05) is 0 Å². The molecule has 4 heteroatoms. The van der Waals surface area contributed by atoms with Gasteiger partial charge in [0.25, 0.3) is 6.56 Å². The van der Waals surface area contributed by atoms with Crippen LogP contribution in [0.1, 0.15) is 11.1 Å². The van der Waals surface area contributed by atoms with Crippen molar-refractivity contribution >= 4 is 24.0 Å². The summed E-state index contributed by atoms with van der Waals surface area (Å²) in [5.74, 6) is 0. The summed E-state index contributed by atoms with van der Waals surface area (Å²) in [5.41, 5.74) is 3.39. The maximum atomic E-state index is 5.27. The first-order chi connectivity index (χ1) is 5.24. The average molecular weight is 165 g/mol. The van der Waals surface area contributed by atoms with E-state index in [1.807, 2.05) is 25.7 Å². The van der Waals surface area contributed by atoms with E-state index < -0.39 is 0 Å². The van der Waals surface area contributed by atoms with Gasteiger partial charge in [-0.1, -0.05) is 0 Å². The third-order valence-corrected chi connectivity index (χ3v) is 1.96. The van der Waals surface area contributed by atoms with E-state index in [1.165, 1.54) is 22.9 Å². The fraction of sp³-hybridized carbons (Fsp3) is 0.286. The summed E-state index contributed by atoms with van der Waals surface area (Å²) in [7, 11) is 0. The Labute approximate surface area is 71.9 Å². The number of nitrogens with two attached hydrogens (primary N) is 1. The number of pyridine rings is 1. The van der Waals surface area contributed by atoms with Crippen molar-refractivity contribution in [1.82, 2.24) is 4.98 Å². The number of aryl methyl sites for hydroxylation is 2. The van der Waals surface area contributed by atoms with Gasteiger partial charge >= 0.3 is 0 Å². The van der Waals surface area contributed by atoms with Crippen LogP contribution in [0.4, 0.5) is 0 Å². The minimum Gasteiger partial charge on any atom is -0.287 e. The highest BCUT2D eigenvalue weighted by atomic mass is 32.2. The molecule has 0 fully saturated rings. The Morgan fingerprint density at radius 3 is 2.73 bits per heavy atom. The van der Waals surface area contributed by atoms with Crippen LogP contribution in [0.15, 0.2) is 12.3 Å². The Kier molecular flexibility index (Phi) is 2.97. The molecule has 57 valence electrons. The number of hydrogen-bond donors (Lipinski definition) is 1. The smallest absolute Gasteiger partial charge is 0.275 e. The second kappa shape index (κ2) is 3.78. The van der Waals surface area contributed by atoms with E-state index in [-0.39, 0.29) is 0 Å². The molecule has 11 heavy (non-hydrogen) atoms. The van der Waals surface area contributed by atoms with Crippen molar-refractivity contribution < 1.29 is 0 Å². The number of hydrogen-bond acceptors (Lipinski definition) is 3. The quantitative estimate of drug-likeness (QED) is 0.513. The fourth-order valence-corrected chi connectivity index (χ4v) is 1.05. The summed E-state index contributed by atoms with van der Waals surface area (Å²) in [6, 6.07) is 2.02. The highest BCUT2D eigenvalue weighted by molar-refractivity contribution is 8.21. The predicted octanol–water partition coefficient (Wildman–Crippen LogP) is 0.550. The van der Waals surface area contributed by atoms with Crippen LogP contribution in [0.25, 0.3) is 0 Å². The summed E-state index contributed by atoms with van der Waals surface area (Å²) in [5, 5.41) is 5.27. The lowest BCUT2D eigenvalue weighted by molar-refractivity contribution is 1.25. The van der Waals surface area contributed by atoms with Crippen molar-refractivity contribution in [2.24, 2.45) is 5.14 Å². The molecule has 2 nitrogen and oxygen atoms in total. The Morgan fingerprint density at radius 2 is 2.18 bits per heavy atom. The second-order valence-corrected chi connectivity index (χ2v) is 2.96. The predicted molar refractivity (Wildman–Crippen MR) is 50.9 cm³/mol. The zero-order chi connectivity index (χ0) is 8.27. The lowest BCUT2D eigenvalue weighted by atomic mass is 9.99. The average Bonchev–Trinajstić information content (AvgIpc) is 1.98. The minimum absolute atomic E-state index is 0.931. The molecule has 0 aliphatic rings. The Hall–Kier alpha value is -0.475. The van der Waals surface area contributed by atoms with E-state index in [2.05, 4.69) is 11.9 Å². The summed E-state index contributed by atoms with van der Waals surface area (Å²) in [4.78, 5) is 4.17. The van der Waals surface area contributed by atoms with E-state index in [0.29, 0.717) is 0 Å². The summed E-state index contributed by atoms with van der Waals surface area (Å²) in [6.45, 7) is 5.93. The molecule has 0 bridgehead atoms. The van der Waals surface area contributed by atoms with Crippen LogP contribution in [0.2, 0.25) is 0 Å².